The van der Waals surface area contributed by atoms with E-state index in [-0.39, 0.29) is 19.1 Å². The van der Waals surface area contributed by atoms with Crippen molar-refractivity contribution in [1.29, 1.82) is 0 Å². The van der Waals surface area contributed by atoms with Crippen LogP contribution in [0.4, 0.5) is 5.00 Å². The van der Waals surface area contributed by atoms with Crippen molar-refractivity contribution in [2.45, 2.75) is 20.8 Å². The van der Waals surface area contributed by atoms with Crippen LogP contribution in [0.25, 0.3) is 0 Å². The van der Waals surface area contributed by atoms with Crippen LogP contribution in [0.5, 0.6) is 5.75 Å². The molecule has 1 aromatic heterocycles. The summed E-state index contributed by atoms with van der Waals surface area (Å²) >= 11 is 1.33. The van der Waals surface area contributed by atoms with E-state index >= 15 is 0 Å². The van der Waals surface area contributed by atoms with Gasteiger partial charge in [-0.2, -0.15) is 0 Å². The molecule has 5 nitrogen and oxygen atoms in total. The van der Waals surface area contributed by atoms with Crippen molar-refractivity contribution in [1.82, 2.24) is 0 Å². The molecule has 0 saturated heterocycles. The monoisotopic (exact) mass is 333 g/mol. The van der Waals surface area contributed by atoms with E-state index in [1.165, 1.54) is 11.3 Å². The van der Waals surface area contributed by atoms with Crippen LogP contribution in [0.2, 0.25) is 0 Å². The average molecular weight is 333 g/mol. The molecule has 0 aliphatic carbocycles. The van der Waals surface area contributed by atoms with E-state index in [2.05, 4.69) is 5.32 Å². The van der Waals surface area contributed by atoms with E-state index in [0.29, 0.717) is 16.3 Å². The van der Waals surface area contributed by atoms with Gasteiger partial charge < -0.3 is 14.8 Å². The first-order valence-electron chi connectivity index (χ1n) is 7.27. The minimum Gasteiger partial charge on any atom is -0.483 e. The highest BCUT2D eigenvalue weighted by atomic mass is 32.1. The second-order valence-electron chi connectivity index (χ2n) is 4.92. The van der Waals surface area contributed by atoms with E-state index in [1.807, 2.05) is 38.1 Å². The van der Waals surface area contributed by atoms with Crippen LogP contribution in [-0.4, -0.2) is 25.1 Å². The van der Waals surface area contributed by atoms with Crippen LogP contribution in [0.1, 0.15) is 27.7 Å². The minimum atomic E-state index is -0.438. The standard InChI is InChI=1S/C17H19NO4S/c1-4-21-17(20)13-9-12(3)23-16(13)18-15(19)10-22-14-8-6-5-7-11(14)2/h5-9H,4,10H2,1-3H3,(H,18,19). The molecule has 1 heterocycles. The molecular weight excluding hydrogens is 314 g/mol. The maximum Gasteiger partial charge on any atom is 0.341 e. The first-order valence-corrected chi connectivity index (χ1v) is 8.08. The molecule has 122 valence electrons. The third-order valence-corrected chi connectivity index (χ3v) is 4.02. The summed E-state index contributed by atoms with van der Waals surface area (Å²) in [6, 6.07) is 9.18. The Hall–Kier alpha value is -2.34. The fourth-order valence-electron chi connectivity index (χ4n) is 1.99. The van der Waals surface area contributed by atoms with Gasteiger partial charge in [-0.05, 0) is 38.5 Å². The van der Waals surface area contributed by atoms with Crippen LogP contribution in [0.15, 0.2) is 30.3 Å². The van der Waals surface area contributed by atoms with Crippen molar-refractivity contribution in [3.8, 4) is 5.75 Å². The number of hydrogen-bond acceptors (Lipinski definition) is 5. The van der Waals surface area contributed by atoms with Gasteiger partial charge in [0.05, 0.1) is 12.2 Å². The predicted molar refractivity (Wildman–Crippen MR) is 90.3 cm³/mol. The summed E-state index contributed by atoms with van der Waals surface area (Å²) in [6.07, 6.45) is 0. The SMILES string of the molecule is CCOC(=O)c1cc(C)sc1NC(=O)COc1ccccc1C. The number of amides is 1. The van der Waals surface area contributed by atoms with Gasteiger partial charge in [-0.3, -0.25) is 4.79 Å². The van der Waals surface area contributed by atoms with Crippen LogP contribution in [0.3, 0.4) is 0 Å². The fraction of sp³-hybridized carbons (Fsp3) is 0.294. The van der Waals surface area contributed by atoms with E-state index in [1.54, 1.807) is 13.0 Å². The molecule has 23 heavy (non-hydrogen) atoms. The van der Waals surface area contributed by atoms with Gasteiger partial charge >= 0.3 is 5.97 Å². The number of para-hydroxylation sites is 1. The number of benzene rings is 1. The van der Waals surface area contributed by atoms with Crippen LogP contribution in [-0.2, 0) is 9.53 Å². The van der Waals surface area contributed by atoms with Gasteiger partial charge in [0.25, 0.3) is 5.91 Å². The first kappa shape index (κ1) is 17.0. The maximum atomic E-state index is 12.1. The second-order valence-corrected chi connectivity index (χ2v) is 6.18. The van der Waals surface area contributed by atoms with Gasteiger partial charge in [-0.1, -0.05) is 18.2 Å². The lowest BCUT2D eigenvalue weighted by atomic mass is 10.2. The number of esters is 1. The molecule has 0 spiro atoms. The molecular formula is C17H19NO4S. The lowest BCUT2D eigenvalue weighted by molar-refractivity contribution is -0.118. The van der Waals surface area contributed by atoms with Gasteiger partial charge in [-0.25, -0.2) is 4.79 Å². The van der Waals surface area contributed by atoms with Crippen molar-refractivity contribution in [2.24, 2.45) is 0 Å². The number of aryl methyl sites for hydroxylation is 2. The first-order chi connectivity index (χ1) is 11.0. The Bertz CT molecular complexity index is 708. The van der Waals surface area contributed by atoms with Gasteiger partial charge in [0.1, 0.15) is 10.8 Å². The quantitative estimate of drug-likeness (QED) is 0.821. The lowest BCUT2D eigenvalue weighted by Crippen LogP contribution is -2.21. The number of thiophene rings is 1. The molecule has 0 saturated carbocycles. The summed E-state index contributed by atoms with van der Waals surface area (Å²) in [6.45, 7) is 5.69. The largest absolute Gasteiger partial charge is 0.483 e. The molecule has 6 heteroatoms. The highest BCUT2D eigenvalue weighted by molar-refractivity contribution is 7.16. The van der Waals surface area contributed by atoms with E-state index in [9.17, 15) is 9.59 Å². The summed E-state index contributed by atoms with van der Waals surface area (Å²) in [4.78, 5) is 24.9. The zero-order valence-corrected chi connectivity index (χ0v) is 14.2. The zero-order valence-electron chi connectivity index (χ0n) is 13.3. The molecule has 0 fully saturated rings. The number of rotatable bonds is 6. The van der Waals surface area contributed by atoms with Gasteiger partial charge in [0, 0.05) is 4.88 Å². The Balaban J connectivity index is 2.00. The van der Waals surface area contributed by atoms with Gasteiger partial charge in [-0.15, -0.1) is 11.3 Å². The predicted octanol–water partition coefficient (Wildman–Crippen LogP) is 3.56. The van der Waals surface area contributed by atoms with Gasteiger partial charge in [0.2, 0.25) is 0 Å². The van der Waals surface area contributed by atoms with Crippen molar-refractivity contribution in [2.75, 3.05) is 18.5 Å². The zero-order chi connectivity index (χ0) is 16.8. The third-order valence-electron chi connectivity index (χ3n) is 3.06. The molecule has 0 unspecified atom stereocenters. The Kier molecular flexibility index (Phi) is 5.76. The number of hydrogen-bond donors (Lipinski definition) is 1. The number of nitrogens with one attached hydrogen (secondary N) is 1. The molecule has 0 aliphatic heterocycles. The minimum absolute atomic E-state index is 0.121. The number of anilines is 1. The number of carbonyl (C=O) groups excluding carboxylic acids is 2. The molecule has 0 radical (unpaired) electrons. The summed E-state index contributed by atoms with van der Waals surface area (Å²) < 4.78 is 10.5. The van der Waals surface area contributed by atoms with Crippen molar-refractivity contribution in [3.05, 3.63) is 46.3 Å². The molecule has 1 amide bonds. The highest BCUT2D eigenvalue weighted by Gasteiger charge is 2.18. The number of carbonyl (C=O) groups is 2. The summed E-state index contributed by atoms with van der Waals surface area (Å²) in [7, 11) is 0. The van der Waals surface area contributed by atoms with Crippen LogP contribution >= 0.6 is 11.3 Å². The normalized spacial score (nSPS) is 10.2. The topological polar surface area (TPSA) is 64.6 Å². The van der Waals surface area contributed by atoms with Crippen molar-refractivity contribution in [3.63, 3.8) is 0 Å². The third kappa shape index (κ3) is 4.56. The highest BCUT2D eigenvalue weighted by Crippen LogP contribution is 2.28. The number of ether oxygens (including phenoxy) is 2. The maximum absolute atomic E-state index is 12.1. The van der Waals surface area contributed by atoms with Gasteiger partial charge in [0.15, 0.2) is 6.61 Å². The average Bonchev–Trinajstić information content (AvgIpc) is 2.87. The van der Waals surface area contributed by atoms with Crippen LogP contribution < -0.4 is 10.1 Å². The Morgan fingerprint density at radius 3 is 2.65 bits per heavy atom. The van der Waals surface area contributed by atoms with E-state index in [0.717, 1.165) is 10.4 Å². The van der Waals surface area contributed by atoms with Crippen molar-refractivity contribution >= 4 is 28.2 Å². The van der Waals surface area contributed by atoms with E-state index in [4.69, 9.17) is 9.47 Å². The fourth-order valence-corrected chi connectivity index (χ4v) is 2.91. The lowest BCUT2D eigenvalue weighted by Gasteiger charge is -2.09. The summed E-state index contributed by atoms with van der Waals surface area (Å²) in [5.74, 6) is -0.0942. The Morgan fingerprint density at radius 2 is 1.96 bits per heavy atom. The van der Waals surface area contributed by atoms with E-state index < -0.39 is 5.97 Å². The Labute approximate surface area is 139 Å². The molecule has 0 aliphatic rings. The molecule has 0 bridgehead atoms. The second kappa shape index (κ2) is 7.78. The smallest absolute Gasteiger partial charge is 0.341 e. The molecule has 2 rings (SSSR count). The molecule has 1 aromatic carbocycles. The van der Waals surface area contributed by atoms with Crippen LogP contribution in [0, 0.1) is 13.8 Å². The summed E-state index contributed by atoms with van der Waals surface area (Å²) in [5, 5.41) is 3.20. The Morgan fingerprint density at radius 1 is 1.22 bits per heavy atom. The molecule has 2 aromatic rings. The molecule has 1 N–H and O–H groups in total. The van der Waals surface area contributed by atoms with Crippen molar-refractivity contribution < 1.29 is 19.1 Å². The summed E-state index contributed by atoms with van der Waals surface area (Å²) in [5.41, 5.74) is 1.33. The molecule has 0 atom stereocenters.